The maximum absolute atomic E-state index is 6.35. The molecule has 1 aliphatic rings. The molecule has 1 saturated heterocycles. The van der Waals surface area contributed by atoms with Crippen LogP contribution in [0.1, 0.15) is 18.1 Å². The van der Waals surface area contributed by atoms with E-state index in [1.165, 1.54) is 0 Å². The topological polar surface area (TPSA) is 49.4 Å². The lowest BCUT2D eigenvalue weighted by atomic mass is 10.0. The SMILES string of the molecule is COc1cc(C(CCN2CCOCC2)Oc2ccc(Cl)cc2)cc(OC)c1OC. The van der Waals surface area contributed by atoms with Gasteiger partial charge in [-0.2, -0.15) is 0 Å². The molecule has 2 aromatic rings. The highest BCUT2D eigenvalue weighted by Gasteiger charge is 2.22. The molecule has 7 heteroatoms. The van der Waals surface area contributed by atoms with Gasteiger partial charge >= 0.3 is 0 Å². The van der Waals surface area contributed by atoms with Crippen molar-refractivity contribution in [1.29, 1.82) is 0 Å². The first-order valence-corrected chi connectivity index (χ1v) is 10.0. The minimum Gasteiger partial charge on any atom is -0.493 e. The molecule has 2 aromatic carbocycles. The lowest BCUT2D eigenvalue weighted by Gasteiger charge is -2.29. The zero-order valence-electron chi connectivity index (χ0n) is 17.2. The van der Waals surface area contributed by atoms with E-state index in [1.807, 2.05) is 36.4 Å². The highest BCUT2D eigenvalue weighted by Crippen LogP contribution is 2.41. The number of morpholine rings is 1. The summed E-state index contributed by atoms with van der Waals surface area (Å²) in [4.78, 5) is 2.39. The molecule has 6 nitrogen and oxygen atoms in total. The molecule has 0 amide bonds. The van der Waals surface area contributed by atoms with Gasteiger partial charge in [0.05, 0.1) is 34.5 Å². The van der Waals surface area contributed by atoms with Crippen molar-refractivity contribution in [3.05, 3.63) is 47.0 Å². The maximum atomic E-state index is 6.35. The Morgan fingerprint density at radius 1 is 0.966 bits per heavy atom. The normalized spacial score (nSPS) is 15.6. The summed E-state index contributed by atoms with van der Waals surface area (Å²) in [5.41, 5.74) is 0.961. The lowest BCUT2D eigenvalue weighted by Crippen LogP contribution is -2.37. The zero-order valence-corrected chi connectivity index (χ0v) is 17.9. The fourth-order valence-electron chi connectivity index (χ4n) is 3.38. The summed E-state index contributed by atoms with van der Waals surface area (Å²) in [6.45, 7) is 4.31. The van der Waals surface area contributed by atoms with Crippen LogP contribution in [0.5, 0.6) is 23.0 Å². The smallest absolute Gasteiger partial charge is 0.203 e. The van der Waals surface area contributed by atoms with Crippen LogP contribution in [0.3, 0.4) is 0 Å². The Kier molecular flexibility index (Phi) is 7.86. The van der Waals surface area contributed by atoms with E-state index in [0.29, 0.717) is 22.3 Å². The molecule has 0 spiro atoms. The van der Waals surface area contributed by atoms with Crippen LogP contribution in [0.25, 0.3) is 0 Å². The average Bonchev–Trinajstić information content (AvgIpc) is 2.77. The number of benzene rings is 2. The first-order chi connectivity index (χ1) is 14.1. The highest BCUT2D eigenvalue weighted by atomic mass is 35.5. The second kappa shape index (κ2) is 10.6. The largest absolute Gasteiger partial charge is 0.493 e. The van der Waals surface area contributed by atoms with Crippen molar-refractivity contribution in [3.63, 3.8) is 0 Å². The Balaban J connectivity index is 1.87. The molecule has 1 atom stereocenters. The first-order valence-electron chi connectivity index (χ1n) is 9.66. The molecular formula is C22H28ClNO5. The molecule has 0 aromatic heterocycles. The quantitative estimate of drug-likeness (QED) is 0.604. The molecule has 0 N–H and O–H groups in total. The number of ether oxygens (including phenoxy) is 5. The molecule has 29 heavy (non-hydrogen) atoms. The van der Waals surface area contributed by atoms with Gasteiger partial charge in [0.15, 0.2) is 11.5 Å². The van der Waals surface area contributed by atoms with Gasteiger partial charge in [-0.3, -0.25) is 4.90 Å². The lowest BCUT2D eigenvalue weighted by molar-refractivity contribution is 0.0317. The summed E-state index contributed by atoms with van der Waals surface area (Å²) in [5, 5.41) is 0.676. The van der Waals surface area contributed by atoms with Crippen molar-refractivity contribution in [2.75, 3.05) is 54.2 Å². The van der Waals surface area contributed by atoms with Crippen LogP contribution in [0.2, 0.25) is 5.02 Å². The number of methoxy groups -OCH3 is 3. The van der Waals surface area contributed by atoms with Gasteiger partial charge in [-0.25, -0.2) is 0 Å². The third kappa shape index (κ3) is 5.69. The van der Waals surface area contributed by atoms with Crippen LogP contribution in [0.15, 0.2) is 36.4 Å². The van der Waals surface area contributed by atoms with Gasteiger partial charge < -0.3 is 23.7 Å². The Morgan fingerprint density at radius 3 is 2.14 bits per heavy atom. The van der Waals surface area contributed by atoms with Crippen molar-refractivity contribution in [1.82, 2.24) is 4.90 Å². The molecular weight excluding hydrogens is 394 g/mol. The van der Waals surface area contributed by atoms with Crippen molar-refractivity contribution < 1.29 is 23.7 Å². The van der Waals surface area contributed by atoms with E-state index in [9.17, 15) is 0 Å². The molecule has 1 aliphatic heterocycles. The third-order valence-corrected chi connectivity index (χ3v) is 5.21. The predicted octanol–water partition coefficient (Wildman–Crippen LogP) is 4.21. The van der Waals surface area contributed by atoms with Crippen molar-refractivity contribution >= 4 is 11.6 Å². The van der Waals surface area contributed by atoms with Crippen LogP contribution < -0.4 is 18.9 Å². The van der Waals surface area contributed by atoms with Gasteiger partial charge in [0, 0.05) is 31.1 Å². The fraction of sp³-hybridized carbons (Fsp3) is 0.455. The molecule has 158 valence electrons. The highest BCUT2D eigenvalue weighted by molar-refractivity contribution is 6.30. The van der Waals surface area contributed by atoms with Crippen molar-refractivity contribution in [3.8, 4) is 23.0 Å². The summed E-state index contributed by atoms with van der Waals surface area (Å²) < 4.78 is 28.3. The minimum atomic E-state index is -0.187. The summed E-state index contributed by atoms with van der Waals surface area (Å²) in [5.74, 6) is 2.54. The molecule has 3 rings (SSSR count). The van der Waals surface area contributed by atoms with Crippen molar-refractivity contribution in [2.45, 2.75) is 12.5 Å². The van der Waals surface area contributed by atoms with E-state index in [1.54, 1.807) is 21.3 Å². The van der Waals surface area contributed by atoms with Crippen LogP contribution >= 0.6 is 11.6 Å². The van der Waals surface area contributed by atoms with E-state index in [4.69, 9.17) is 35.3 Å². The second-order valence-electron chi connectivity index (χ2n) is 6.76. The van der Waals surface area contributed by atoms with Gasteiger partial charge in [0.1, 0.15) is 11.9 Å². The van der Waals surface area contributed by atoms with E-state index < -0.39 is 0 Å². The monoisotopic (exact) mass is 421 g/mol. The van der Waals surface area contributed by atoms with Crippen LogP contribution in [-0.2, 0) is 4.74 Å². The summed E-state index contributed by atoms with van der Waals surface area (Å²) in [6, 6.07) is 11.3. The van der Waals surface area contributed by atoms with Gasteiger partial charge in [-0.1, -0.05) is 11.6 Å². The molecule has 0 aliphatic carbocycles. The number of rotatable bonds is 9. The molecule has 0 radical (unpaired) electrons. The van der Waals surface area contributed by atoms with Crippen molar-refractivity contribution in [2.24, 2.45) is 0 Å². The van der Waals surface area contributed by atoms with E-state index >= 15 is 0 Å². The fourth-order valence-corrected chi connectivity index (χ4v) is 3.51. The summed E-state index contributed by atoms with van der Waals surface area (Å²) in [7, 11) is 4.83. The Hall–Kier alpha value is -2.15. The standard InChI is InChI=1S/C22H28ClNO5/c1-25-20-14-16(15-21(26-2)22(20)27-3)19(8-9-24-10-12-28-13-11-24)29-18-6-4-17(23)5-7-18/h4-7,14-15,19H,8-13H2,1-3H3. The first kappa shape index (κ1) is 21.6. The Labute approximate surface area is 177 Å². The second-order valence-corrected chi connectivity index (χ2v) is 7.20. The number of hydrogen-bond acceptors (Lipinski definition) is 6. The van der Waals surface area contributed by atoms with E-state index in [2.05, 4.69) is 4.90 Å². The van der Waals surface area contributed by atoms with Crippen LogP contribution in [0.4, 0.5) is 0 Å². The Bertz CT molecular complexity index is 752. The van der Waals surface area contributed by atoms with Crippen LogP contribution in [0, 0.1) is 0 Å². The minimum absolute atomic E-state index is 0.187. The zero-order chi connectivity index (χ0) is 20.6. The van der Waals surface area contributed by atoms with Gasteiger partial charge in [0.2, 0.25) is 5.75 Å². The Morgan fingerprint density at radius 2 is 1.59 bits per heavy atom. The third-order valence-electron chi connectivity index (χ3n) is 4.96. The molecule has 0 bridgehead atoms. The van der Waals surface area contributed by atoms with Gasteiger partial charge in [-0.05, 0) is 42.0 Å². The molecule has 1 fully saturated rings. The number of hydrogen-bond donors (Lipinski definition) is 0. The maximum Gasteiger partial charge on any atom is 0.203 e. The summed E-state index contributed by atoms with van der Waals surface area (Å²) in [6.07, 6.45) is 0.620. The predicted molar refractivity (Wildman–Crippen MR) is 113 cm³/mol. The van der Waals surface area contributed by atoms with E-state index in [0.717, 1.165) is 50.6 Å². The number of halogens is 1. The van der Waals surface area contributed by atoms with Gasteiger partial charge in [-0.15, -0.1) is 0 Å². The molecule has 0 saturated carbocycles. The van der Waals surface area contributed by atoms with Gasteiger partial charge in [0.25, 0.3) is 0 Å². The number of nitrogens with zero attached hydrogens (tertiary/aromatic N) is 1. The molecule has 1 heterocycles. The van der Waals surface area contributed by atoms with E-state index in [-0.39, 0.29) is 6.10 Å². The van der Waals surface area contributed by atoms with Crippen LogP contribution in [-0.4, -0.2) is 59.1 Å². The average molecular weight is 422 g/mol. The molecule has 1 unspecified atom stereocenters. The summed E-state index contributed by atoms with van der Waals surface area (Å²) >= 11 is 6.02.